The Balaban J connectivity index is 3.20. The molecule has 0 bridgehead atoms. The van der Waals surface area contributed by atoms with Gasteiger partial charge in [0.2, 0.25) is 0 Å². The first-order valence-corrected chi connectivity index (χ1v) is 6.39. The van der Waals surface area contributed by atoms with Crippen molar-refractivity contribution in [1.29, 1.82) is 0 Å². The van der Waals surface area contributed by atoms with Crippen LogP contribution in [0.4, 0.5) is 4.79 Å². The van der Waals surface area contributed by atoms with Gasteiger partial charge in [0.1, 0.15) is 0 Å². The van der Waals surface area contributed by atoms with E-state index in [1.54, 1.807) is 7.11 Å². The summed E-state index contributed by atoms with van der Waals surface area (Å²) in [7, 11) is 1.68. The number of carbonyl (C=O) groups is 2. The molecular formula is C12H24N2O4. The van der Waals surface area contributed by atoms with E-state index < -0.39 is 5.97 Å². The predicted molar refractivity (Wildman–Crippen MR) is 68.6 cm³/mol. The minimum absolute atomic E-state index is 0.156. The second-order valence-corrected chi connectivity index (χ2v) is 4.09. The lowest BCUT2D eigenvalue weighted by Gasteiger charge is -2.07. The van der Waals surface area contributed by atoms with Crippen LogP contribution in [0.1, 0.15) is 38.5 Å². The summed E-state index contributed by atoms with van der Waals surface area (Å²) in [5.74, 6) is -0.796. The van der Waals surface area contributed by atoms with Gasteiger partial charge in [0.05, 0.1) is 0 Å². The van der Waals surface area contributed by atoms with Crippen molar-refractivity contribution in [3.8, 4) is 0 Å². The van der Waals surface area contributed by atoms with Gasteiger partial charge in [-0.25, -0.2) is 4.79 Å². The molecule has 0 heterocycles. The predicted octanol–water partition coefficient (Wildman–Crippen LogP) is 1.36. The maximum atomic E-state index is 11.3. The molecule has 0 saturated heterocycles. The van der Waals surface area contributed by atoms with Gasteiger partial charge in [-0.1, -0.05) is 0 Å². The Kier molecular flexibility index (Phi) is 11.3. The van der Waals surface area contributed by atoms with E-state index in [9.17, 15) is 9.59 Å². The van der Waals surface area contributed by atoms with Gasteiger partial charge in [-0.15, -0.1) is 0 Å². The average Bonchev–Trinajstić information content (AvgIpc) is 2.33. The summed E-state index contributed by atoms with van der Waals surface area (Å²) >= 11 is 0. The number of nitrogens with one attached hydrogen (secondary N) is 2. The molecule has 0 fully saturated rings. The lowest BCUT2D eigenvalue weighted by Crippen LogP contribution is -2.36. The number of amides is 2. The molecule has 0 aromatic rings. The third-order valence-corrected chi connectivity index (χ3v) is 2.41. The zero-order valence-corrected chi connectivity index (χ0v) is 11.0. The van der Waals surface area contributed by atoms with E-state index in [1.807, 2.05) is 0 Å². The molecule has 2 amide bonds. The van der Waals surface area contributed by atoms with Crippen LogP contribution in [-0.4, -0.2) is 43.9 Å². The fourth-order valence-corrected chi connectivity index (χ4v) is 1.42. The van der Waals surface area contributed by atoms with Crippen molar-refractivity contribution in [2.24, 2.45) is 0 Å². The number of carboxylic acids is 1. The van der Waals surface area contributed by atoms with Crippen molar-refractivity contribution in [2.45, 2.75) is 38.5 Å². The Morgan fingerprint density at radius 2 is 1.61 bits per heavy atom. The highest BCUT2D eigenvalue weighted by Crippen LogP contribution is 1.94. The molecule has 0 spiro atoms. The zero-order valence-electron chi connectivity index (χ0n) is 11.0. The van der Waals surface area contributed by atoms with E-state index in [1.165, 1.54) is 0 Å². The van der Waals surface area contributed by atoms with Crippen LogP contribution < -0.4 is 10.6 Å². The molecule has 6 heteroatoms. The van der Waals surface area contributed by atoms with Crippen molar-refractivity contribution < 1.29 is 19.4 Å². The van der Waals surface area contributed by atoms with Crippen molar-refractivity contribution in [2.75, 3.05) is 26.8 Å². The van der Waals surface area contributed by atoms with Gasteiger partial charge >= 0.3 is 12.0 Å². The summed E-state index contributed by atoms with van der Waals surface area (Å²) in [6, 6.07) is -0.183. The third kappa shape index (κ3) is 12.8. The lowest BCUT2D eigenvalue weighted by molar-refractivity contribution is -0.137. The number of hydrogen-bond donors (Lipinski definition) is 3. The Labute approximate surface area is 108 Å². The van der Waals surface area contributed by atoms with Crippen LogP contribution in [-0.2, 0) is 9.53 Å². The smallest absolute Gasteiger partial charge is 0.314 e. The Bertz CT molecular complexity index is 234. The zero-order chi connectivity index (χ0) is 13.6. The number of rotatable bonds is 11. The number of ether oxygens (including phenoxy) is 1. The molecule has 0 aliphatic rings. The van der Waals surface area contributed by atoms with Crippen LogP contribution in [0, 0.1) is 0 Å². The Morgan fingerprint density at radius 3 is 2.17 bits per heavy atom. The van der Waals surface area contributed by atoms with Gasteiger partial charge in [-0.2, -0.15) is 0 Å². The molecule has 106 valence electrons. The van der Waals surface area contributed by atoms with Crippen molar-refractivity contribution in [3.05, 3.63) is 0 Å². The maximum Gasteiger partial charge on any atom is 0.314 e. The van der Waals surface area contributed by atoms with Crippen LogP contribution in [0.15, 0.2) is 0 Å². The molecule has 0 aliphatic carbocycles. The minimum atomic E-state index is -0.796. The second kappa shape index (κ2) is 12.2. The third-order valence-electron chi connectivity index (χ3n) is 2.41. The first-order valence-electron chi connectivity index (χ1n) is 6.39. The summed E-state index contributed by atoms with van der Waals surface area (Å²) in [4.78, 5) is 21.5. The fourth-order valence-electron chi connectivity index (χ4n) is 1.42. The van der Waals surface area contributed by atoms with E-state index in [2.05, 4.69) is 10.6 Å². The van der Waals surface area contributed by atoms with E-state index in [0.717, 1.165) is 25.9 Å². The van der Waals surface area contributed by atoms with E-state index in [4.69, 9.17) is 9.84 Å². The maximum absolute atomic E-state index is 11.3. The highest BCUT2D eigenvalue weighted by Gasteiger charge is 2.00. The second-order valence-electron chi connectivity index (χ2n) is 4.09. The van der Waals surface area contributed by atoms with Crippen LogP contribution >= 0.6 is 0 Å². The molecule has 0 radical (unpaired) electrons. The summed E-state index contributed by atoms with van der Waals surface area (Å²) in [5.41, 5.74) is 0. The van der Waals surface area contributed by atoms with Crippen LogP contribution in [0.3, 0.4) is 0 Å². The Morgan fingerprint density at radius 1 is 1.00 bits per heavy atom. The number of carboxylic acid groups (broad SMARTS) is 1. The van der Waals surface area contributed by atoms with Gasteiger partial charge < -0.3 is 20.5 Å². The van der Waals surface area contributed by atoms with E-state index in [0.29, 0.717) is 25.9 Å². The molecule has 3 N–H and O–H groups in total. The fraction of sp³-hybridized carbons (Fsp3) is 0.833. The highest BCUT2D eigenvalue weighted by molar-refractivity contribution is 5.73. The van der Waals surface area contributed by atoms with Crippen LogP contribution in [0.25, 0.3) is 0 Å². The molecular weight excluding hydrogens is 236 g/mol. The first-order chi connectivity index (χ1) is 8.66. The molecule has 0 aromatic carbocycles. The summed E-state index contributed by atoms with van der Waals surface area (Å²) in [6.45, 7) is 1.93. The average molecular weight is 260 g/mol. The van der Waals surface area contributed by atoms with Gasteiger partial charge in [-0.05, 0) is 32.1 Å². The number of urea groups is 1. The van der Waals surface area contributed by atoms with E-state index >= 15 is 0 Å². The number of carbonyl (C=O) groups excluding carboxylic acids is 1. The van der Waals surface area contributed by atoms with E-state index in [-0.39, 0.29) is 12.5 Å². The lowest BCUT2D eigenvalue weighted by atomic mass is 10.2. The SMILES string of the molecule is COCCCCCNC(=O)NCCCCC(=O)O. The molecule has 0 aliphatic heterocycles. The summed E-state index contributed by atoms with van der Waals surface area (Å²) in [5, 5.41) is 13.9. The largest absolute Gasteiger partial charge is 0.481 e. The number of unbranched alkanes of at least 4 members (excludes halogenated alkanes) is 3. The summed E-state index contributed by atoms with van der Waals surface area (Å²) in [6.07, 6.45) is 4.42. The standard InChI is InChI=1S/C12H24N2O4/c1-18-10-6-2-4-8-13-12(17)14-9-5-3-7-11(15)16/h2-10H2,1H3,(H,15,16)(H2,13,14,17). The first kappa shape index (κ1) is 16.7. The van der Waals surface area contributed by atoms with Crippen molar-refractivity contribution >= 4 is 12.0 Å². The van der Waals surface area contributed by atoms with Crippen molar-refractivity contribution in [3.63, 3.8) is 0 Å². The summed E-state index contributed by atoms with van der Waals surface area (Å²) < 4.78 is 4.92. The Hall–Kier alpha value is -1.30. The molecule has 0 aromatic heterocycles. The van der Waals surface area contributed by atoms with Crippen molar-refractivity contribution in [1.82, 2.24) is 10.6 Å². The molecule has 0 rings (SSSR count). The number of methoxy groups -OCH3 is 1. The molecule has 18 heavy (non-hydrogen) atoms. The number of aliphatic carboxylic acids is 1. The monoisotopic (exact) mass is 260 g/mol. The van der Waals surface area contributed by atoms with Gasteiger partial charge in [0.15, 0.2) is 0 Å². The quantitative estimate of drug-likeness (QED) is 0.489. The van der Waals surface area contributed by atoms with Crippen LogP contribution in [0.2, 0.25) is 0 Å². The van der Waals surface area contributed by atoms with Gasteiger partial charge in [0, 0.05) is 33.2 Å². The van der Waals surface area contributed by atoms with Crippen LogP contribution in [0.5, 0.6) is 0 Å². The number of hydrogen-bond acceptors (Lipinski definition) is 3. The minimum Gasteiger partial charge on any atom is -0.481 e. The molecule has 0 atom stereocenters. The molecule has 6 nitrogen and oxygen atoms in total. The van der Waals surface area contributed by atoms with Gasteiger partial charge in [0.25, 0.3) is 0 Å². The molecule has 0 saturated carbocycles. The normalized spacial score (nSPS) is 10.1. The topological polar surface area (TPSA) is 87.7 Å². The van der Waals surface area contributed by atoms with Gasteiger partial charge in [-0.3, -0.25) is 4.79 Å². The highest BCUT2D eigenvalue weighted by atomic mass is 16.5. The molecule has 0 unspecified atom stereocenters.